The Morgan fingerprint density at radius 3 is 2.22 bits per heavy atom. The average Bonchev–Trinajstić information content (AvgIpc) is 1.84. The van der Waals surface area contributed by atoms with Crippen molar-refractivity contribution < 1.29 is 0 Å². The summed E-state index contributed by atoms with van der Waals surface area (Å²) in [6.45, 7) is 2.95. The third-order valence-electron chi connectivity index (χ3n) is 1.01. The van der Waals surface area contributed by atoms with Crippen molar-refractivity contribution in [2.24, 2.45) is 0 Å². The molecule has 56 valence electrons. The molecule has 0 spiro atoms. The van der Waals surface area contributed by atoms with E-state index in [1.165, 1.54) is 11.8 Å². The Balaban J connectivity index is 0. The van der Waals surface area contributed by atoms with Crippen LogP contribution in [0.1, 0.15) is 6.92 Å². The smallest absolute Gasteiger partial charge is 0.155 e. The molecule has 0 aromatic rings. The summed E-state index contributed by atoms with van der Waals surface area (Å²) in [5, 5.41) is 7.86. The SMILES string of the molecule is CCN(C)C(=N)SC.I. The zero-order valence-electron chi connectivity index (χ0n) is 5.97. The number of nitrogens with zero attached hydrogens (tertiary/aromatic N) is 1. The maximum atomic E-state index is 7.23. The molecule has 0 bridgehead atoms. The van der Waals surface area contributed by atoms with Gasteiger partial charge in [-0.15, -0.1) is 24.0 Å². The fourth-order valence-electron chi connectivity index (χ4n) is 0.299. The Morgan fingerprint density at radius 1 is 1.67 bits per heavy atom. The Bertz CT molecular complexity index is 87.0. The quantitative estimate of drug-likeness (QED) is 0.442. The first kappa shape index (κ1) is 12.2. The third kappa shape index (κ3) is 5.02. The molecule has 0 unspecified atom stereocenters. The summed E-state index contributed by atoms with van der Waals surface area (Å²) in [7, 11) is 1.92. The van der Waals surface area contributed by atoms with Gasteiger partial charge in [-0.2, -0.15) is 0 Å². The largest absolute Gasteiger partial charge is 0.355 e. The van der Waals surface area contributed by atoms with Gasteiger partial charge in [-0.25, -0.2) is 0 Å². The lowest BCUT2D eigenvalue weighted by Crippen LogP contribution is -2.21. The second-order valence-electron chi connectivity index (χ2n) is 1.52. The van der Waals surface area contributed by atoms with Gasteiger partial charge in [0, 0.05) is 13.6 Å². The number of amidine groups is 1. The molecule has 0 rings (SSSR count). The molecule has 9 heavy (non-hydrogen) atoms. The molecular weight excluding hydrogens is 247 g/mol. The zero-order valence-corrected chi connectivity index (χ0v) is 9.12. The van der Waals surface area contributed by atoms with Crippen molar-refractivity contribution >= 4 is 40.9 Å². The Hall–Kier alpha value is 0.550. The number of rotatable bonds is 1. The summed E-state index contributed by atoms with van der Waals surface area (Å²) >= 11 is 1.47. The van der Waals surface area contributed by atoms with Crippen LogP contribution in [0.2, 0.25) is 0 Å². The van der Waals surface area contributed by atoms with E-state index >= 15 is 0 Å². The predicted molar refractivity (Wildman–Crippen MR) is 55.0 cm³/mol. The minimum atomic E-state index is 0. The summed E-state index contributed by atoms with van der Waals surface area (Å²) in [5.41, 5.74) is 0. The predicted octanol–water partition coefficient (Wildman–Crippen LogP) is 1.85. The summed E-state index contributed by atoms with van der Waals surface area (Å²) in [6, 6.07) is 0. The van der Waals surface area contributed by atoms with E-state index in [0.29, 0.717) is 5.17 Å². The fraction of sp³-hybridized carbons (Fsp3) is 0.800. The maximum absolute atomic E-state index is 7.23. The van der Waals surface area contributed by atoms with Gasteiger partial charge in [0.2, 0.25) is 0 Å². The normalized spacial score (nSPS) is 7.89. The monoisotopic (exact) mass is 260 g/mol. The van der Waals surface area contributed by atoms with Crippen molar-refractivity contribution in [2.75, 3.05) is 19.8 Å². The maximum Gasteiger partial charge on any atom is 0.155 e. The number of nitrogens with one attached hydrogen (secondary N) is 1. The lowest BCUT2D eigenvalue weighted by molar-refractivity contribution is 0.543. The number of thioether (sulfide) groups is 1. The average molecular weight is 260 g/mol. The molecule has 0 aliphatic rings. The van der Waals surface area contributed by atoms with Crippen LogP contribution in [0.25, 0.3) is 0 Å². The van der Waals surface area contributed by atoms with E-state index < -0.39 is 0 Å². The summed E-state index contributed by atoms with van der Waals surface area (Å²) in [6.07, 6.45) is 1.91. The van der Waals surface area contributed by atoms with Crippen LogP contribution in [-0.4, -0.2) is 29.9 Å². The van der Waals surface area contributed by atoms with Crippen molar-refractivity contribution in [3.8, 4) is 0 Å². The molecule has 4 heteroatoms. The van der Waals surface area contributed by atoms with E-state index in [0.717, 1.165) is 6.54 Å². The van der Waals surface area contributed by atoms with Gasteiger partial charge in [0.15, 0.2) is 5.17 Å². The van der Waals surface area contributed by atoms with Gasteiger partial charge in [-0.1, -0.05) is 11.8 Å². The Morgan fingerprint density at radius 2 is 2.11 bits per heavy atom. The third-order valence-corrected chi connectivity index (χ3v) is 1.71. The van der Waals surface area contributed by atoms with E-state index in [9.17, 15) is 0 Å². The van der Waals surface area contributed by atoms with Crippen LogP contribution in [0, 0.1) is 5.41 Å². The standard InChI is InChI=1S/C5H12N2S.HI/c1-4-7(2)5(6)8-3;/h6H,4H2,1-3H3;1H. The van der Waals surface area contributed by atoms with Crippen molar-refractivity contribution in [1.29, 1.82) is 5.41 Å². The van der Waals surface area contributed by atoms with Crippen LogP contribution >= 0.6 is 35.7 Å². The van der Waals surface area contributed by atoms with E-state index in [1.807, 2.05) is 25.1 Å². The van der Waals surface area contributed by atoms with Crippen molar-refractivity contribution in [2.45, 2.75) is 6.92 Å². The first-order valence-corrected chi connectivity index (χ1v) is 3.78. The van der Waals surface area contributed by atoms with Crippen LogP contribution in [0.4, 0.5) is 0 Å². The van der Waals surface area contributed by atoms with Gasteiger partial charge in [0.1, 0.15) is 0 Å². The second kappa shape index (κ2) is 6.67. The summed E-state index contributed by atoms with van der Waals surface area (Å²) in [4.78, 5) is 1.89. The number of hydrogen-bond acceptors (Lipinski definition) is 2. The molecule has 0 heterocycles. The van der Waals surface area contributed by atoms with E-state index in [2.05, 4.69) is 0 Å². The minimum absolute atomic E-state index is 0. The number of hydrogen-bond donors (Lipinski definition) is 1. The van der Waals surface area contributed by atoms with Crippen LogP contribution < -0.4 is 0 Å². The Labute approximate surface area is 77.9 Å². The van der Waals surface area contributed by atoms with Gasteiger partial charge in [-0.3, -0.25) is 5.41 Å². The van der Waals surface area contributed by atoms with Gasteiger partial charge in [-0.05, 0) is 13.2 Å². The lowest BCUT2D eigenvalue weighted by atomic mass is 10.7. The molecule has 1 N–H and O–H groups in total. The highest BCUT2D eigenvalue weighted by atomic mass is 127. The summed E-state index contributed by atoms with van der Waals surface area (Å²) < 4.78 is 0. The molecule has 0 radical (unpaired) electrons. The highest BCUT2D eigenvalue weighted by Crippen LogP contribution is 1.97. The zero-order chi connectivity index (χ0) is 6.57. The fourth-order valence-corrected chi connectivity index (χ4v) is 0.740. The van der Waals surface area contributed by atoms with Crippen LogP contribution in [0.3, 0.4) is 0 Å². The molecule has 0 saturated heterocycles. The lowest BCUT2D eigenvalue weighted by Gasteiger charge is -2.14. The van der Waals surface area contributed by atoms with Gasteiger partial charge in [0.05, 0.1) is 0 Å². The van der Waals surface area contributed by atoms with E-state index in [1.54, 1.807) is 0 Å². The molecule has 0 atom stereocenters. The van der Waals surface area contributed by atoms with Crippen molar-refractivity contribution in [1.82, 2.24) is 4.90 Å². The molecular formula is C5H13IN2S. The Kier molecular flexibility index (Phi) is 9.07. The van der Waals surface area contributed by atoms with Gasteiger partial charge < -0.3 is 4.90 Å². The molecule has 0 fully saturated rings. The van der Waals surface area contributed by atoms with Crippen molar-refractivity contribution in [3.05, 3.63) is 0 Å². The molecule has 0 aliphatic carbocycles. The van der Waals surface area contributed by atoms with Crippen LogP contribution in [0.15, 0.2) is 0 Å². The first-order valence-electron chi connectivity index (χ1n) is 2.56. The molecule has 0 aromatic heterocycles. The van der Waals surface area contributed by atoms with Crippen LogP contribution in [0.5, 0.6) is 0 Å². The molecule has 2 nitrogen and oxygen atoms in total. The molecule has 0 amide bonds. The first-order chi connectivity index (χ1) is 3.72. The molecule has 0 aliphatic heterocycles. The molecule has 0 saturated carbocycles. The second-order valence-corrected chi connectivity index (χ2v) is 2.32. The highest BCUT2D eigenvalue weighted by Gasteiger charge is 1.95. The topological polar surface area (TPSA) is 27.1 Å². The van der Waals surface area contributed by atoms with Gasteiger partial charge in [0.25, 0.3) is 0 Å². The minimum Gasteiger partial charge on any atom is -0.355 e. The summed E-state index contributed by atoms with van der Waals surface area (Å²) in [5.74, 6) is 0. The number of halogens is 1. The van der Waals surface area contributed by atoms with Crippen LogP contribution in [-0.2, 0) is 0 Å². The van der Waals surface area contributed by atoms with Gasteiger partial charge >= 0.3 is 0 Å². The van der Waals surface area contributed by atoms with Crippen molar-refractivity contribution in [3.63, 3.8) is 0 Å². The highest BCUT2D eigenvalue weighted by molar-refractivity contribution is 14.0. The van der Waals surface area contributed by atoms with E-state index in [4.69, 9.17) is 5.41 Å². The van der Waals surface area contributed by atoms with E-state index in [-0.39, 0.29) is 24.0 Å². The molecule has 0 aromatic carbocycles.